The van der Waals surface area contributed by atoms with Crippen molar-refractivity contribution in [1.29, 1.82) is 0 Å². The van der Waals surface area contributed by atoms with E-state index in [0.717, 1.165) is 11.6 Å². The highest BCUT2D eigenvalue weighted by molar-refractivity contribution is 7.14. The standard InChI is InChI=1S/C21H19FN2O4S/c1-13-5-4-6-16(9-13)24(14(2)25)21-23-15(12-29-21)11-28-20(26)18-8-7-17(27-3)10-19(18)22/h4-10,12H,11H2,1-3H3. The van der Waals surface area contributed by atoms with Gasteiger partial charge in [-0.3, -0.25) is 9.69 Å². The van der Waals surface area contributed by atoms with Crippen LogP contribution in [0.15, 0.2) is 47.8 Å². The molecule has 0 bridgehead atoms. The maximum absolute atomic E-state index is 14.0. The minimum absolute atomic E-state index is 0.139. The first-order valence-corrected chi connectivity index (χ1v) is 9.59. The number of anilines is 2. The highest BCUT2D eigenvalue weighted by atomic mass is 32.1. The van der Waals surface area contributed by atoms with Gasteiger partial charge in [0.2, 0.25) is 5.91 Å². The Balaban J connectivity index is 1.72. The largest absolute Gasteiger partial charge is 0.497 e. The summed E-state index contributed by atoms with van der Waals surface area (Å²) < 4.78 is 24.1. The second kappa shape index (κ2) is 8.83. The molecule has 0 aliphatic carbocycles. The van der Waals surface area contributed by atoms with Crippen LogP contribution in [-0.2, 0) is 16.1 Å². The van der Waals surface area contributed by atoms with Gasteiger partial charge in [-0.25, -0.2) is 14.2 Å². The van der Waals surface area contributed by atoms with Gasteiger partial charge in [-0.15, -0.1) is 11.3 Å². The zero-order chi connectivity index (χ0) is 21.0. The Labute approximate surface area is 171 Å². The average molecular weight is 414 g/mol. The Hall–Kier alpha value is -3.26. The molecule has 1 heterocycles. The first kappa shape index (κ1) is 20.5. The summed E-state index contributed by atoms with van der Waals surface area (Å²) in [6, 6.07) is 11.4. The molecule has 6 nitrogen and oxygen atoms in total. The molecule has 29 heavy (non-hydrogen) atoms. The van der Waals surface area contributed by atoms with E-state index in [1.54, 1.807) is 5.38 Å². The lowest BCUT2D eigenvalue weighted by Crippen LogP contribution is -2.22. The molecule has 0 unspecified atom stereocenters. The van der Waals surface area contributed by atoms with E-state index in [-0.39, 0.29) is 18.1 Å². The van der Waals surface area contributed by atoms with E-state index in [1.165, 1.54) is 42.4 Å². The number of amides is 1. The Morgan fingerprint density at radius 1 is 1.21 bits per heavy atom. The lowest BCUT2D eigenvalue weighted by atomic mass is 10.2. The van der Waals surface area contributed by atoms with Gasteiger partial charge in [0, 0.05) is 18.4 Å². The number of methoxy groups -OCH3 is 1. The van der Waals surface area contributed by atoms with Gasteiger partial charge in [-0.1, -0.05) is 12.1 Å². The van der Waals surface area contributed by atoms with Crippen LogP contribution in [0.2, 0.25) is 0 Å². The van der Waals surface area contributed by atoms with Crippen LogP contribution in [0, 0.1) is 12.7 Å². The SMILES string of the molecule is COc1ccc(C(=O)OCc2csc(N(C(C)=O)c3cccc(C)c3)n2)c(F)c1. The van der Waals surface area contributed by atoms with E-state index in [0.29, 0.717) is 22.3 Å². The normalized spacial score (nSPS) is 10.5. The molecule has 0 fully saturated rings. The molecule has 3 aromatic rings. The van der Waals surface area contributed by atoms with Crippen molar-refractivity contribution in [2.45, 2.75) is 20.5 Å². The molecule has 0 saturated carbocycles. The second-order valence-corrected chi connectivity index (χ2v) is 7.07. The molecule has 150 valence electrons. The monoisotopic (exact) mass is 414 g/mol. The molecule has 0 radical (unpaired) electrons. The summed E-state index contributed by atoms with van der Waals surface area (Å²) >= 11 is 1.25. The van der Waals surface area contributed by atoms with Crippen molar-refractivity contribution in [2.75, 3.05) is 12.0 Å². The second-order valence-electron chi connectivity index (χ2n) is 6.24. The quantitative estimate of drug-likeness (QED) is 0.550. The lowest BCUT2D eigenvalue weighted by molar-refractivity contribution is -0.115. The molecule has 1 amide bonds. The third-order valence-corrected chi connectivity index (χ3v) is 4.93. The Kier molecular flexibility index (Phi) is 6.23. The van der Waals surface area contributed by atoms with Gasteiger partial charge in [0.25, 0.3) is 0 Å². The van der Waals surface area contributed by atoms with Crippen LogP contribution < -0.4 is 9.64 Å². The van der Waals surface area contributed by atoms with Gasteiger partial charge in [0.15, 0.2) is 5.13 Å². The maximum Gasteiger partial charge on any atom is 0.341 e. The van der Waals surface area contributed by atoms with Gasteiger partial charge in [-0.2, -0.15) is 0 Å². The summed E-state index contributed by atoms with van der Waals surface area (Å²) in [5.74, 6) is -1.41. The molecule has 2 aromatic carbocycles. The number of aromatic nitrogens is 1. The number of thiazole rings is 1. The minimum atomic E-state index is -0.804. The number of carbonyl (C=O) groups excluding carboxylic acids is 2. The number of nitrogens with zero attached hydrogens (tertiary/aromatic N) is 2. The fourth-order valence-electron chi connectivity index (χ4n) is 2.66. The number of hydrogen-bond donors (Lipinski definition) is 0. The molecule has 0 atom stereocenters. The summed E-state index contributed by atoms with van der Waals surface area (Å²) in [4.78, 5) is 30.2. The van der Waals surface area contributed by atoms with E-state index in [1.807, 2.05) is 31.2 Å². The van der Waals surface area contributed by atoms with Crippen LogP contribution >= 0.6 is 11.3 Å². The zero-order valence-electron chi connectivity index (χ0n) is 16.1. The fourth-order valence-corrected chi connectivity index (χ4v) is 3.54. The zero-order valence-corrected chi connectivity index (χ0v) is 17.0. The van der Waals surface area contributed by atoms with Crippen LogP contribution in [0.25, 0.3) is 0 Å². The van der Waals surface area contributed by atoms with Gasteiger partial charge >= 0.3 is 5.97 Å². The Morgan fingerprint density at radius 2 is 2.00 bits per heavy atom. The van der Waals surface area contributed by atoms with E-state index >= 15 is 0 Å². The summed E-state index contributed by atoms with van der Waals surface area (Å²) in [5, 5.41) is 2.16. The molecule has 3 rings (SSSR count). The number of rotatable bonds is 6. The number of hydrogen-bond acceptors (Lipinski definition) is 6. The molecule has 0 aliphatic heterocycles. The molecule has 0 saturated heterocycles. The van der Waals surface area contributed by atoms with Gasteiger partial charge < -0.3 is 9.47 Å². The van der Waals surface area contributed by atoms with Crippen molar-refractivity contribution in [3.8, 4) is 5.75 Å². The van der Waals surface area contributed by atoms with Crippen LogP contribution in [0.1, 0.15) is 28.5 Å². The van der Waals surface area contributed by atoms with Crippen LogP contribution in [-0.4, -0.2) is 24.0 Å². The molecular formula is C21H19FN2O4S. The van der Waals surface area contributed by atoms with Crippen molar-refractivity contribution >= 4 is 34.0 Å². The van der Waals surface area contributed by atoms with Crippen molar-refractivity contribution in [3.63, 3.8) is 0 Å². The van der Waals surface area contributed by atoms with E-state index in [2.05, 4.69) is 4.98 Å². The molecule has 1 aromatic heterocycles. The van der Waals surface area contributed by atoms with E-state index < -0.39 is 11.8 Å². The number of benzene rings is 2. The predicted octanol–water partition coefficient (Wildman–Crippen LogP) is 4.64. The topological polar surface area (TPSA) is 68.7 Å². The third-order valence-electron chi connectivity index (χ3n) is 4.05. The number of esters is 1. The molecule has 0 spiro atoms. The molecular weight excluding hydrogens is 395 g/mol. The van der Waals surface area contributed by atoms with Gasteiger partial charge in [-0.05, 0) is 36.8 Å². The highest BCUT2D eigenvalue weighted by Crippen LogP contribution is 2.29. The summed E-state index contributed by atoms with van der Waals surface area (Å²) in [7, 11) is 1.41. The first-order chi connectivity index (χ1) is 13.9. The number of halogens is 1. The molecule has 0 aliphatic rings. The predicted molar refractivity (Wildman–Crippen MR) is 108 cm³/mol. The van der Waals surface area contributed by atoms with Crippen molar-refractivity contribution in [1.82, 2.24) is 4.98 Å². The van der Waals surface area contributed by atoms with E-state index in [4.69, 9.17) is 9.47 Å². The summed E-state index contributed by atoms with van der Waals surface area (Å²) in [6.07, 6.45) is 0. The number of carbonyl (C=O) groups is 2. The van der Waals surface area contributed by atoms with Gasteiger partial charge in [0.05, 0.1) is 24.1 Å². The first-order valence-electron chi connectivity index (χ1n) is 8.71. The number of ether oxygens (including phenoxy) is 2. The molecule has 8 heteroatoms. The lowest BCUT2D eigenvalue weighted by Gasteiger charge is -2.18. The Bertz CT molecular complexity index is 1050. The number of aryl methyl sites for hydroxylation is 1. The van der Waals surface area contributed by atoms with Crippen molar-refractivity contribution < 1.29 is 23.5 Å². The summed E-state index contributed by atoms with van der Waals surface area (Å²) in [5.41, 5.74) is 1.99. The van der Waals surface area contributed by atoms with Crippen LogP contribution in [0.4, 0.5) is 15.2 Å². The van der Waals surface area contributed by atoms with Crippen molar-refractivity contribution in [2.24, 2.45) is 0 Å². The fraction of sp³-hybridized carbons (Fsp3) is 0.190. The van der Waals surface area contributed by atoms with E-state index in [9.17, 15) is 14.0 Å². The summed E-state index contributed by atoms with van der Waals surface area (Å²) in [6.45, 7) is 3.25. The Morgan fingerprint density at radius 3 is 2.66 bits per heavy atom. The molecule has 0 N–H and O–H groups in total. The highest BCUT2D eigenvalue weighted by Gasteiger charge is 2.19. The third kappa shape index (κ3) is 4.78. The van der Waals surface area contributed by atoms with Crippen LogP contribution in [0.3, 0.4) is 0 Å². The van der Waals surface area contributed by atoms with Crippen molar-refractivity contribution in [3.05, 3.63) is 70.5 Å². The maximum atomic E-state index is 14.0. The smallest absolute Gasteiger partial charge is 0.341 e. The average Bonchev–Trinajstić information content (AvgIpc) is 3.14. The minimum Gasteiger partial charge on any atom is -0.497 e. The van der Waals surface area contributed by atoms with Crippen LogP contribution in [0.5, 0.6) is 5.75 Å². The van der Waals surface area contributed by atoms with Gasteiger partial charge in [0.1, 0.15) is 18.2 Å².